The lowest BCUT2D eigenvalue weighted by Crippen LogP contribution is -2.48. The van der Waals surface area contributed by atoms with Crippen LogP contribution in [0.1, 0.15) is 23.7 Å². The van der Waals surface area contributed by atoms with Crippen LogP contribution in [0, 0.1) is 0 Å². The summed E-state index contributed by atoms with van der Waals surface area (Å²) in [6, 6.07) is 16.8. The molecule has 168 valence electrons. The van der Waals surface area contributed by atoms with Crippen LogP contribution in [-0.2, 0) is 9.68 Å². The molecule has 2 aliphatic rings. The molecule has 1 fully saturated rings. The minimum Gasteiger partial charge on any atom is -0.399 e. The van der Waals surface area contributed by atoms with E-state index in [0.29, 0.717) is 24.3 Å². The summed E-state index contributed by atoms with van der Waals surface area (Å²) < 4.78 is 0. The van der Waals surface area contributed by atoms with Crippen LogP contribution in [0.4, 0.5) is 0 Å². The lowest BCUT2D eigenvalue weighted by molar-refractivity contribution is -0.0374. The molecule has 0 saturated carbocycles. The van der Waals surface area contributed by atoms with E-state index in [1.165, 1.54) is 7.11 Å². The van der Waals surface area contributed by atoms with Crippen molar-refractivity contribution in [2.75, 3.05) is 13.7 Å². The van der Waals surface area contributed by atoms with Crippen LogP contribution in [0.15, 0.2) is 71.7 Å². The predicted molar refractivity (Wildman–Crippen MR) is 120 cm³/mol. The molecule has 0 radical (unpaired) electrons. The van der Waals surface area contributed by atoms with Crippen LogP contribution in [0.25, 0.3) is 11.1 Å². The van der Waals surface area contributed by atoms with Gasteiger partial charge in [0.2, 0.25) is 0 Å². The number of hydrogen-bond acceptors (Lipinski definition) is 8. The summed E-state index contributed by atoms with van der Waals surface area (Å²) >= 11 is 0. The lowest BCUT2D eigenvalue weighted by atomic mass is 10.0. The highest BCUT2D eigenvalue weighted by Gasteiger charge is 2.39. The van der Waals surface area contributed by atoms with Crippen LogP contribution >= 0.6 is 0 Å². The molecule has 0 aromatic heterocycles. The van der Waals surface area contributed by atoms with Gasteiger partial charge in [0.1, 0.15) is 13.3 Å². The number of nitrogens with zero attached hydrogens (tertiary/aromatic N) is 3. The molecule has 9 heteroatoms. The second kappa shape index (κ2) is 9.39. The van der Waals surface area contributed by atoms with Crippen LogP contribution in [0.5, 0.6) is 0 Å². The second-order valence-corrected chi connectivity index (χ2v) is 7.80. The van der Waals surface area contributed by atoms with Gasteiger partial charge in [-0.15, -0.1) is 0 Å². The van der Waals surface area contributed by atoms with Crippen LogP contribution in [0.3, 0.4) is 0 Å². The number of rotatable bonds is 6. The molecule has 2 aromatic rings. The zero-order valence-electron chi connectivity index (χ0n) is 18.0. The molecule has 4 N–H and O–H groups in total. The minimum atomic E-state index is -0.780. The Morgan fingerprint density at radius 1 is 1.22 bits per heavy atom. The van der Waals surface area contributed by atoms with E-state index in [0.717, 1.165) is 16.8 Å². The fraction of sp³-hybridized carbons (Fsp3) is 0.304. The molecule has 3 atom stereocenters. The van der Waals surface area contributed by atoms with Gasteiger partial charge in [-0.05, 0) is 30.2 Å². The fourth-order valence-electron chi connectivity index (χ4n) is 3.77. The Labute approximate surface area is 186 Å². The topological polar surface area (TPSA) is 113 Å². The van der Waals surface area contributed by atoms with Crippen molar-refractivity contribution >= 4 is 11.6 Å². The summed E-state index contributed by atoms with van der Waals surface area (Å²) in [5.74, 6) is 0.246. The highest BCUT2D eigenvalue weighted by Crippen LogP contribution is 2.26. The third kappa shape index (κ3) is 4.45. The summed E-state index contributed by atoms with van der Waals surface area (Å²) in [5.41, 5.74) is 12.2. The normalized spacial score (nSPS) is 21.3. The first-order valence-electron chi connectivity index (χ1n) is 10.4. The number of benzene rings is 2. The number of likely N-dealkylation sites (tertiary alicyclic amines) is 1. The molecule has 0 spiro atoms. The van der Waals surface area contributed by atoms with Crippen molar-refractivity contribution in [1.29, 1.82) is 0 Å². The van der Waals surface area contributed by atoms with Gasteiger partial charge in [-0.2, -0.15) is 0 Å². The standard InChI is InChI=1S/C23H27N5O4/c1-15(29)22(24)20-14-28(26-32-20)21-12-19(25-31-2)13-27(21)23(30)18-10-8-17(9-11-18)16-6-4-3-5-7-16/h3-11,14-15,21-22,26,29H,12-13,24H2,1-2H3/t15-,21+,22+/m1/s1. The number of amides is 1. The van der Waals surface area contributed by atoms with Crippen molar-refractivity contribution in [3.05, 3.63) is 72.1 Å². The average molecular weight is 438 g/mol. The first-order valence-corrected chi connectivity index (χ1v) is 10.4. The van der Waals surface area contributed by atoms with Gasteiger partial charge in [0.25, 0.3) is 5.91 Å². The predicted octanol–water partition coefficient (Wildman–Crippen LogP) is 1.83. The second-order valence-electron chi connectivity index (χ2n) is 7.80. The monoisotopic (exact) mass is 437 g/mol. The van der Waals surface area contributed by atoms with Crippen LogP contribution < -0.4 is 11.3 Å². The van der Waals surface area contributed by atoms with Crippen molar-refractivity contribution in [2.24, 2.45) is 10.9 Å². The van der Waals surface area contributed by atoms with Crippen molar-refractivity contribution in [3.8, 4) is 11.1 Å². The van der Waals surface area contributed by atoms with E-state index >= 15 is 0 Å². The van der Waals surface area contributed by atoms with Crippen molar-refractivity contribution in [2.45, 2.75) is 31.7 Å². The Morgan fingerprint density at radius 2 is 1.91 bits per heavy atom. The molecule has 0 aliphatic carbocycles. The molecule has 0 unspecified atom stereocenters. The molecule has 1 amide bonds. The van der Waals surface area contributed by atoms with E-state index in [4.69, 9.17) is 15.4 Å². The summed E-state index contributed by atoms with van der Waals surface area (Å²) in [6.45, 7) is 1.91. The zero-order chi connectivity index (χ0) is 22.7. The van der Waals surface area contributed by atoms with Gasteiger partial charge in [0, 0.05) is 12.0 Å². The molecular formula is C23H27N5O4. The largest absolute Gasteiger partial charge is 0.399 e. The Hall–Kier alpha value is -3.40. The minimum absolute atomic E-state index is 0.139. The zero-order valence-corrected chi connectivity index (χ0v) is 18.0. The maximum atomic E-state index is 13.4. The Bertz CT molecular complexity index is 1010. The fourth-order valence-corrected chi connectivity index (χ4v) is 3.77. The molecule has 2 aliphatic heterocycles. The third-order valence-electron chi connectivity index (χ3n) is 5.56. The van der Waals surface area contributed by atoms with E-state index in [-0.39, 0.29) is 5.91 Å². The number of carbonyl (C=O) groups is 1. The number of aliphatic hydroxyl groups excluding tert-OH is 1. The van der Waals surface area contributed by atoms with E-state index in [1.807, 2.05) is 54.6 Å². The first-order chi connectivity index (χ1) is 15.5. The molecule has 4 rings (SSSR count). The van der Waals surface area contributed by atoms with Crippen LogP contribution in [0.2, 0.25) is 0 Å². The van der Waals surface area contributed by atoms with Gasteiger partial charge in [-0.3, -0.25) is 9.80 Å². The third-order valence-corrected chi connectivity index (χ3v) is 5.56. The molecule has 1 saturated heterocycles. The average Bonchev–Trinajstić information content (AvgIpc) is 3.46. The number of hydrazine groups is 1. The summed E-state index contributed by atoms with van der Waals surface area (Å²) in [4.78, 5) is 25.5. The van der Waals surface area contributed by atoms with E-state index in [1.54, 1.807) is 23.0 Å². The van der Waals surface area contributed by atoms with E-state index < -0.39 is 18.3 Å². The van der Waals surface area contributed by atoms with Crippen LogP contribution in [-0.4, -0.2) is 58.6 Å². The molecular weight excluding hydrogens is 410 g/mol. The summed E-state index contributed by atoms with van der Waals surface area (Å²) in [5, 5.41) is 15.5. The Kier molecular flexibility index (Phi) is 6.40. The van der Waals surface area contributed by atoms with Gasteiger partial charge in [0.15, 0.2) is 5.76 Å². The van der Waals surface area contributed by atoms with E-state index in [9.17, 15) is 9.90 Å². The van der Waals surface area contributed by atoms with Crippen molar-refractivity contribution in [3.63, 3.8) is 0 Å². The van der Waals surface area contributed by atoms with Gasteiger partial charge in [-0.25, -0.2) is 0 Å². The SMILES string of the molecule is CON=C1C[C@H](N2C=C([C@@H](N)[C@@H](C)O)ON2)N(C(=O)c2ccc(-c3ccccc3)cc2)C1. The maximum absolute atomic E-state index is 13.4. The number of oxime groups is 1. The highest BCUT2D eigenvalue weighted by molar-refractivity contribution is 6.00. The smallest absolute Gasteiger partial charge is 0.255 e. The molecule has 2 heterocycles. The van der Waals surface area contributed by atoms with E-state index in [2.05, 4.69) is 10.7 Å². The quantitative estimate of drug-likeness (QED) is 0.591. The van der Waals surface area contributed by atoms with Gasteiger partial charge < -0.3 is 25.4 Å². The molecule has 9 nitrogen and oxygen atoms in total. The van der Waals surface area contributed by atoms with Gasteiger partial charge in [0.05, 0.1) is 30.6 Å². The highest BCUT2D eigenvalue weighted by atomic mass is 16.7. The van der Waals surface area contributed by atoms with Crippen molar-refractivity contribution < 1.29 is 19.6 Å². The maximum Gasteiger partial charge on any atom is 0.255 e. The van der Waals surface area contributed by atoms with Gasteiger partial charge >= 0.3 is 0 Å². The summed E-state index contributed by atoms with van der Waals surface area (Å²) in [6.07, 6.45) is 0.949. The molecule has 0 bridgehead atoms. The lowest BCUT2D eigenvalue weighted by Gasteiger charge is -2.30. The Morgan fingerprint density at radius 3 is 2.56 bits per heavy atom. The molecule has 2 aromatic carbocycles. The number of carbonyl (C=O) groups excluding carboxylic acids is 1. The van der Waals surface area contributed by atoms with Crippen molar-refractivity contribution in [1.82, 2.24) is 15.5 Å². The number of aliphatic hydroxyl groups is 1. The Balaban J connectivity index is 1.56. The number of nitrogens with two attached hydrogens (primary N) is 1. The first kappa shape index (κ1) is 21.8. The molecule has 32 heavy (non-hydrogen) atoms. The summed E-state index contributed by atoms with van der Waals surface area (Å²) in [7, 11) is 1.48. The van der Waals surface area contributed by atoms with Gasteiger partial charge in [-0.1, -0.05) is 53.2 Å². The number of hydrogen-bond donors (Lipinski definition) is 3. The number of nitrogens with one attached hydrogen (secondary N) is 1.